The van der Waals surface area contributed by atoms with E-state index in [0.717, 1.165) is 66.0 Å². The zero-order valence-electron chi connectivity index (χ0n) is 18.9. The number of anilines is 1. The van der Waals surface area contributed by atoms with Crippen LogP contribution >= 0.6 is 0 Å². The molecular weight excluding hydrogens is 415 g/mol. The maximum atomic E-state index is 13.4. The molecule has 0 aliphatic carbocycles. The predicted molar refractivity (Wildman–Crippen MR) is 128 cm³/mol. The predicted octanol–water partition coefficient (Wildman–Crippen LogP) is 4.64. The van der Waals surface area contributed by atoms with Crippen molar-refractivity contribution in [2.24, 2.45) is 0 Å². The summed E-state index contributed by atoms with van der Waals surface area (Å²) in [6.07, 6.45) is 3.74. The first-order valence-electron chi connectivity index (χ1n) is 11.3. The van der Waals surface area contributed by atoms with Gasteiger partial charge in [-0.05, 0) is 62.2 Å². The van der Waals surface area contributed by atoms with Gasteiger partial charge in [0.05, 0.1) is 0 Å². The molecule has 0 saturated carbocycles. The van der Waals surface area contributed by atoms with Crippen LogP contribution in [0.4, 0.5) is 10.2 Å². The Bertz CT molecular complexity index is 1250. The lowest BCUT2D eigenvalue weighted by molar-refractivity contribution is 0.200. The van der Waals surface area contributed by atoms with Crippen molar-refractivity contribution in [2.45, 2.75) is 32.4 Å². The van der Waals surface area contributed by atoms with Crippen LogP contribution in [-0.2, 0) is 6.54 Å². The zero-order valence-corrected chi connectivity index (χ0v) is 18.9. The number of hydrogen-bond acceptors (Lipinski definition) is 6. The normalized spacial score (nSPS) is 14.8. The summed E-state index contributed by atoms with van der Waals surface area (Å²) in [5.74, 6) is 0.750. The molecule has 0 amide bonds. The third-order valence-electron chi connectivity index (χ3n) is 6.59. The minimum Gasteiger partial charge on any atom is -0.354 e. The number of rotatable bonds is 5. The van der Waals surface area contributed by atoms with Crippen LogP contribution in [0.5, 0.6) is 0 Å². The Hall–Kier alpha value is -3.45. The Labute approximate surface area is 193 Å². The van der Waals surface area contributed by atoms with E-state index in [4.69, 9.17) is 0 Å². The molecule has 7 heteroatoms. The SMILES string of the molecule is Cc1cc(F)ccc1CN(C)C1CCN(c2nnc(-c3cccnn3)c3ccccc23)CC1. The topological polar surface area (TPSA) is 58.0 Å². The molecule has 3 heterocycles. The van der Waals surface area contributed by atoms with E-state index >= 15 is 0 Å². The van der Waals surface area contributed by atoms with Gasteiger partial charge in [-0.1, -0.05) is 30.3 Å². The molecule has 2 aromatic carbocycles. The highest BCUT2D eigenvalue weighted by Gasteiger charge is 2.25. The minimum absolute atomic E-state index is 0.175. The second-order valence-corrected chi connectivity index (χ2v) is 8.73. The molecule has 4 aromatic rings. The van der Waals surface area contributed by atoms with Gasteiger partial charge in [0.1, 0.15) is 17.2 Å². The first-order chi connectivity index (χ1) is 16.1. The van der Waals surface area contributed by atoms with E-state index in [0.29, 0.717) is 6.04 Å². The largest absolute Gasteiger partial charge is 0.354 e. The molecule has 0 N–H and O–H groups in total. The fourth-order valence-electron chi connectivity index (χ4n) is 4.69. The Morgan fingerprint density at radius 2 is 1.76 bits per heavy atom. The van der Waals surface area contributed by atoms with Crippen molar-refractivity contribution >= 4 is 16.6 Å². The van der Waals surface area contributed by atoms with Crippen LogP contribution < -0.4 is 4.90 Å². The molecule has 33 heavy (non-hydrogen) atoms. The Kier molecular flexibility index (Phi) is 5.96. The first kappa shape index (κ1) is 21.4. The third-order valence-corrected chi connectivity index (χ3v) is 6.59. The molecule has 1 aliphatic heterocycles. The zero-order chi connectivity index (χ0) is 22.8. The second kappa shape index (κ2) is 9.19. The van der Waals surface area contributed by atoms with E-state index in [2.05, 4.69) is 49.4 Å². The Morgan fingerprint density at radius 1 is 0.970 bits per heavy atom. The van der Waals surface area contributed by atoms with Crippen LogP contribution in [0.25, 0.3) is 22.2 Å². The van der Waals surface area contributed by atoms with Gasteiger partial charge in [-0.25, -0.2) is 4.39 Å². The van der Waals surface area contributed by atoms with Crippen molar-refractivity contribution in [1.82, 2.24) is 25.3 Å². The Balaban J connectivity index is 1.32. The summed E-state index contributed by atoms with van der Waals surface area (Å²) in [7, 11) is 2.16. The van der Waals surface area contributed by atoms with E-state index in [1.54, 1.807) is 18.3 Å². The lowest BCUT2D eigenvalue weighted by Gasteiger charge is -2.37. The number of aromatic nitrogens is 4. The van der Waals surface area contributed by atoms with Crippen LogP contribution in [0.3, 0.4) is 0 Å². The van der Waals surface area contributed by atoms with Gasteiger partial charge >= 0.3 is 0 Å². The van der Waals surface area contributed by atoms with E-state index in [9.17, 15) is 4.39 Å². The molecule has 0 spiro atoms. The van der Waals surface area contributed by atoms with Crippen molar-refractivity contribution < 1.29 is 4.39 Å². The van der Waals surface area contributed by atoms with Gasteiger partial charge in [-0.3, -0.25) is 4.90 Å². The summed E-state index contributed by atoms with van der Waals surface area (Å²) < 4.78 is 13.4. The molecule has 0 unspecified atom stereocenters. The lowest BCUT2D eigenvalue weighted by Crippen LogP contribution is -2.43. The Morgan fingerprint density at radius 3 is 2.48 bits per heavy atom. The minimum atomic E-state index is -0.175. The van der Waals surface area contributed by atoms with Crippen molar-refractivity contribution in [1.29, 1.82) is 0 Å². The summed E-state index contributed by atoms with van der Waals surface area (Å²) in [5.41, 5.74) is 3.66. The summed E-state index contributed by atoms with van der Waals surface area (Å²) in [4.78, 5) is 4.72. The molecule has 0 atom stereocenters. The van der Waals surface area contributed by atoms with E-state index in [1.165, 1.54) is 5.56 Å². The maximum absolute atomic E-state index is 13.4. The van der Waals surface area contributed by atoms with Crippen molar-refractivity contribution in [3.8, 4) is 11.4 Å². The molecule has 168 valence electrons. The summed E-state index contributed by atoms with van der Waals surface area (Å²) in [6, 6.07) is 17.5. The molecule has 5 rings (SSSR count). The highest BCUT2D eigenvalue weighted by molar-refractivity contribution is 5.99. The summed E-state index contributed by atoms with van der Waals surface area (Å²) in [5, 5.41) is 19.5. The van der Waals surface area contributed by atoms with Gasteiger partial charge in [0.2, 0.25) is 0 Å². The molecule has 6 nitrogen and oxygen atoms in total. The number of hydrogen-bond donors (Lipinski definition) is 0. The highest BCUT2D eigenvalue weighted by atomic mass is 19.1. The molecule has 0 bridgehead atoms. The van der Waals surface area contributed by atoms with Gasteiger partial charge in [0.15, 0.2) is 5.82 Å². The van der Waals surface area contributed by atoms with E-state index in [-0.39, 0.29) is 5.82 Å². The second-order valence-electron chi connectivity index (χ2n) is 8.73. The van der Waals surface area contributed by atoms with E-state index < -0.39 is 0 Å². The number of fused-ring (bicyclic) bond motifs is 1. The molecule has 1 fully saturated rings. The average molecular weight is 443 g/mol. The van der Waals surface area contributed by atoms with Crippen LogP contribution in [0.2, 0.25) is 0 Å². The quantitative estimate of drug-likeness (QED) is 0.449. The molecule has 1 saturated heterocycles. The molecule has 2 aromatic heterocycles. The third kappa shape index (κ3) is 4.41. The monoisotopic (exact) mass is 442 g/mol. The molecular formula is C26H27FN6. The number of aryl methyl sites for hydroxylation is 1. The average Bonchev–Trinajstić information content (AvgIpc) is 2.86. The fourth-order valence-corrected chi connectivity index (χ4v) is 4.69. The smallest absolute Gasteiger partial charge is 0.159 e. The summed E-state index contributed by atoms with van der Waals surface area (Å²) in [6.45, 7) is 4.64. The van der Waals surface area contributed by atoms with Crippen LogP contribution in [0, 0.1) is 12.7 Å². The van der Waals surface area contributed by atoms with Gasteiger partial charge < -0.3 is 4.90 Å². The van der Waals surface area contributed by atoms with Crippen LogP contribution in [0.1, 0.15) is 24.0 Å². The fraction of sp³-hybridized carbons (Fsp3) is 0.308. The van der Waals surface area contributed by atoms with Gasteiger partial charge in [-0.2, -0.15) is 5.10 Å². The van der Waals surface area contributed by atoms with Crippen molar-refractivity contribution in [2.75, 3.05) is 25.0 Å². The van der Waals surface area contributed by atoms with Gasteiger partial charge in [0.25, 0.3) is 0 Å². The van der Waals surface area contributed by atoms with Crippen molar-refractivity contribution in [3.05, 3.63) is 77.7 Å². The number of nitrogens with zero attached hydrogens (tertiary/aromatic N) is 6. The van der Waals surface area contributed by atoms with E-state index in [1.807, 2.05) is 37.3 Å². The maximum Gasteiger partial charge on any atom is 0.159 e. The number of benzene rings is 2. The van der Waals surface area contributed by atoms with Crippen molar-refractivity contribution in [3.63, 3.8) is 0 Å². The number of piperidine rings is 1. The lowest BCUT2D eigenvalue weighted by atomic mass is 10.0. The first-order valence-corrected chi connectivity index (χ1v) is 11.3. The number of halogens is 1. The van der Waals surface area contributed by atoms with Gasteiger partial charge in [-0.15, -0.1) is 15.3 Å². The van der Waals surface area contributed by atoms with Crippen LogP contribution in [0.15, 0.2) is 60.8 Å². The molecule has 0 radical (unpaired) electrons. The van der Waals surface area contributed by atoms with Gasteiger partial charge in [0, 0.05) is 42.6 Å². The summed E-state index contributed by atoms with van der Waals surface area (Å²) >= 11 is 0. The highest BCUT2D eigenvalue weighted by Crippen LogP contribution is 2.32. The standard InChI is InChI=1S/C26H27FN6/c1-18-16-20(27)10-9-19(18)17-32(2)21-11-14-33(15-12-21)26-23-7-4-3-6-22(23)25(30-31-26)24-8-5-13-28-29-24/h3-10,13,16,21H,11-12,14-15,17H2,1-2H3. The van der Waals surface area contributed by atoms with Crippen LogP contribution in [-0.4, -0.2) is 51.5 Å². The molecule has 1 aliphatic rings.